The Morgan fingerprint density at radius 2 is 1.62 bits per heavy atom. The van der Waals surface area contributed by atoms with Gasteiger partial charge in [-0.2, -0.15) is 0 Å². The molecule has 0 radical (unpaired) electrons. The van der Waals surface area contributed by atoms with E-state index >= 15 is 8.78 Å². The Hall–Kier alpha value is -5.53. The van der Waals surface area contributed by atoms with Crippen LogP contribution in [0.15, 0.2) is 53.3 Å². The Morgan fingerprint density at radius 1 is 0.943 bits per heavy atom. The molecule has 6 rings (SSSR count). The van der Waals surface area contributed by atoms with Crippen molar-refractivity contribution in [2.24, 2.45) is 17.6 Å². The van der Waals surface area contributed by atoms with Crippen molar-refractivity contribution in [3.63, 3.8) is 0 Å². The number of nitrogens with zero attached hydrogens (tertiary/aromatic N) is 2. The van der Waals surface area contributed by atoms with Crippen LogP contribution < -0.4 is 21.6 Å². The summed E-state index contributed by atoms with van der Waals surface area (Å²) in [4.78, 5) is 66.0. The third-order valence-corrected chi connectivity index (χ3v) is 9.70. The van der Waals surface area contributed by atoms with Crippen molar-refractivity contribution in [1.29, 1.82) is 0 Å². The zero-order valence-electron chi connectivity index (χ0n) is 30.4. The lowest BCUT2D eigenvalue weighted by Gasteiger charge is -2.36. The van der Waals surface area contributed by atoms with Gasteiger partial charge in [0, 0.05) is 36.1 Å². The molecule has 1 aliphatic carbocycles. The first-order valence-electron chi connectivity index (χ1n) is 17.9. The fourth-order valence-electron chi connectivity index (χ4n) is 6.94. The molecule has 2 aromatic heterocycles. The van der Waals surface area contributed by atoms with Crippen molar-refractivity contribution in [3.05, 3.63) is 82.0 Å². The molecule has 1 atom stereocenters. The summed E-state index contributed by atoms with van der Waals surface area (Å²) in [5.41, 5.74) is 7.79. The molecule has 0 unspecified atom stereocenters. The zero-order chi connectivity index (χ0) is 38.2. The zero-order valence-corrected chi connectivity index (χ0v) is 30.4. The van der Waals surface area contributed by atoms with Crippen LogP contribution >= 0.6 is 0 Å². The van der Waals surface area contributed by atoms with Crippen LogP contribution in [0.1, 0.15) is 77.6 Å². The second-order valence-electron chi connectivity index (χ2n) is 15.2. The molecule has 280 valence electrons. The van der Waals surface area contributed by atoms with E-state index in [0.29, 0.717) is 71.4 Å². The fraction of sp³-hybridized carbons (Fsp3) is 0.410. The standard InChI is InChI=1S/C39H45F2N7O5/c1-20(2)35-44-29-18-26(31(40)32(41)33(29)47-35)23-10-6-21(7-11-23)16-30(34(42)49)48(25-14-15-27-28(17-25)46-37(51)45-27)36(50)24-12-8-22(9-13-24)19-43-38(52)53-39(3,4)5/h6-7,10-11,14-15,17-18,20,22,24,30H,8-9,12-13,16,19H2,1-5H3,(H2,42,49)(H,43,52)(H,44,47)(H2,45,46,51)/t22?,24?,30-/m0/s1. The number of amides is 3. The number of nitrogens with two attached hydrogens (primary N) is 1. The highest BCUT2D eigenvalue weighted by Gasteiger charge is 2.36. The second kappa shape index (κ2) is 14.8. The van der Waals surface area contributed by atoms with E-state index in [2.05, 4.69) is 25.3 Å². The summed E-state index contributed by atoms with van der Waals surface area (Å²) in [7, 11) is 0. The van der Waals surface area contributed by atoms with Crippen LogP contribution in [-0.2, 0) is 20.7 Å². The van der Waals surface area contributed by atoms with E-state index in [1.165, 1.54) is 11.0 Å². The van der Waals surface area contributed by atoms with Gasteiger partial charge in [-0.15, -0.1) is 0 Å². The summed E-state index contributed by atoms with van der Waals surface area (Å²) in [6.45, 7) is 9.61. The average Bonchev–Trinajstić information content (AvgIpc) is 3.71. The van der Waals surface area contributed by atoms with Gasteiger partial charge in [0.15, 0.2) is 11.6 Å². The lowest BCUT2D eigenvalue weighted by molar-refractivity contribution is -0.127. The highest BCUT2D eigenvalue weighted by Crippen LogP contribution is 2.34. The van der Waals surface area contributed by atoms with Crippen molar-refractivity contribution in [3.8, 4) is 11.1 Å². The van der Waals surface area contributed by atoms with E-state index in [-0.39, 0.29) is 35.2 Å². The highest BCUT2D eigenvalue weighted by atomic mass is 19.2. The number of hydrogen-bond acceptors (Lipinski definition) is 6. The Labute approximate surface area is 304 Å². The largest absolute Gasteiger partial charge is 0.444 e. The van der Waals surface area contributed by atoms with Crippen molar-refractivity contribution < 1.29 is 27.9 Å². The third-order valence-electron chi connectivity index (χ3n) is 9.70. The molecule has 2 heterocycles. The van der Waals surface area contributed by atoms with E-state index in [1.54, 1.807) is 63.2 Å². The molecular weight excluding hydrogens is 684 g/mol. The number of rotatable bonds is 10. The van der Waals surface area contributed by atoms with Crippen LogP contribution in [0.3, 0.4) is 0 Å². The molecule has 6 N–H and O–H groups in total. The maximum Gasteiger partial charge on any atom is 0.407 e. The first-order valence-corrected chi connectivity index (χ1v) is 17.9. The number of carbonyl (C=O) groups is 3. The SMILES string of the molecule is CC(C)c1nc2c(F)c(F)c(-c3ccc(C[C@@H](C(N)=O)N(C(=O)C4CCC(CNC(=O)OC(C)(C)C)CC4)c4ccc5[nH]c(=O)[nH]c5c4)cc3)cc2[nH]1. The van der Waals surface area contributed by atoms with Crippen LogP contribution in [0.5, 0.6) is 0 Å². The monoisotopic (exact) mass is 729 g/mol. The number of H-pyrrole nitrogens is 3. The van der Waals surface area contributed by atoms with Crippen LogP contribution in [0.25, 0.3) is 33.2 Å². The smallest absolute Gasteiger partial charge is 0.407 e. The topological polar surface area (TPSA) is 179 Å². The van der Waals surface area contributed by atoms with Crippen molar-refractivity contribution in [2.75, 3.05) is 11.4 Å². The van der Waals surface area contributed by atoms with Gasteiger partial charge < -0.3 is 30.7 Å². The van der Waals surface area contributed by atoms with Gasteiger partial charge in [0.2, 0.25) is 11.8 Å². The van der Waals surface area contributed by atoms with E-state index in [1.807, 2.05) is 13.8 Å². The number of primary amides is 1. The summed E-state index contributed by atoms with van der Waals surface area (Å²) in [6, 6.07) is 12.0. The minimum absolute atomic E-state index is 0.00684. The number of aromatic nitrogens is 4. The van der Waals surface area contributed by atoms with E-state index < -0.39 is 46.9 Å². The van der Waals surface area contributed by atoms with E-state index in [9.17, 15) is 19.2 Å². The van der Waals surface area contributed by atoms with Crippen LogP contribution in [0.2, 0.25) is 0 Å². The lowest BCUT2D eigenvalue weighted by Crippen LogP contribution is -2.52. The van der Waals surface area contributed by atoms with Crippen LogP contribution in [0.4, 0.5) is 19.3 Å². The number of halogens is 2. The molecule has 1 saturated carbocycles. The summed E-state index contributed by atoms with van der Waals surface area (Å²) in [5, 5.41) is 2.82. The molecule has 0 aliphatic heterocycles. The maximum absolute atomic E-state index is 15.3. The van der Waals surface area contributed by atoms with Crippen LogP contribution in [-0.4, -0.2) is 56.0 Å². The number of alkyl carbamates (subject to hydrolysis) is 1. The molecule has 0 saturated heterocycles. The molecular formula is C39H45F2N7O5. The number of ether oxygens (including phenoxy) is 1. The minimum atomic E-state index is -1.12. The number of imidazole rings is 2. The van der Waals surface area contributed by atoms with Gasteiger partial charge in [-0.25, -0.2) is 23.4 Å². The first-order chi connectivity index (χ1) is 25.1. The molecule has 0 bridgehead atoms. The highest BCUT2D eigenvalue weighted by molar-refractivity contribution is 6.02. The molecule has 3 amide bonds. The number of benzene rings is 3. The van der Waals surface area contributed by atoms with Crippen LogP contribution in [0, 0.1) is 23.5 Å². The van der Waals surface area contributed by atoms with Crippen molar-refractivity contribution in [1.82, 2.24) is 25.3 Å². The van der Waals surface area contributed by atoms with Gasteiger partial charge >= 0.3 is 11.8 Å². The summed E-state index contributed by atoms with van der Waals surface area (Å²) < 4.78 is 35.7. The first kappa shape index (κ1) is 37.2. The maximum atomic E-state index is 15.3. The molecule has 5 aromatic rings. The lowest BCUT2D eigenvalue weighted by atomic mass is 9.81. The van der Waals surface area contributed by atoms with E-state index in [0.717, 1.165) is 0 Å². The van der Waals surface area contributed by atoms with Gasteiger partial charge in [0.25, 0.3) is 0 Å². The Balaban J connectivity index is 1.24. The summed E-state index contributed by atoms with van der Waals surface area (Å²) in [6.07, 6.45) is 1.95. The Kier molecular flexibility index (Phi) is 10.4. The normalized spacial score (nSPS) is 16.9. The summed E-state index contributed by atoms with van der Waals surface area (Å²) >= 11 is 0. The Bertz CT molecular complexity index is 2210. The molecule has 1 fully saturated rings. The molecule has 53 heavy (non-hydrogen) atoms. The van der Waals surface area contributed by atoms with Crippen molar-refractivity contribution >= 4 is 45.7 Å². The predicted octanol–water partition coefficient (Wildman–Crippen LogP) is 6.56. The number of carbonyl (C=O) groups excluding carboxylic acids is 3. The van der Waals surface area contributed by atoms with Gasteiger partial charge in [0.1, 0.15) is 23.0 Å². The quantitative estimate of drug-likeness (QED) is 0.109. The number of nitrogens with one attached hydrogen (secondary N) is 4. The van der Waals surface area contributed by atoms with Gasteiger partial charge in [0.05, 0.1) is 16.6 Å². The number of anilines is 1. The molecule has 0 spiro atoms. The van der Waals surface area contributed by atoms with Gasteiger partial charge in [-0.3, -0.25) is 14.5 Å². The van der Waals surface area contributed by atoms with E-state index in [4.69, 9.17) is 10.5 Å². The number of fused-ring (bicyclic) bond motifs is 2. The van der Waals surface area contributed by atoms with Gasteiger partial charge in [-0.05, 0) is 87.8 Å². The molecule has 1 aliphatic rings. The molecule has 14 heteroatoms. The third kappa shape index (κ3) is 8.26. The van der Waals surface area contributed by atoms with Crippen molar-refractivity contribution in [2.45, 2.75) is 84.3 Å². The molecule has 3 aromatic carbocycles. The summed E-state index contributed by atoms with van der Waals surface area (Å²) in [5.74, 6) is -2.82. The fourth-order valence-corrected chi connectivity index (χ4v) is 6.94. The van der Waals surface area contributed by atoms with Gasteiger partial charge in [-0.1, -0.05) is 38.1 Å². The predicted molar refractivity (Wildman–Crippen MR) is 198 cm³/mol. The second-order valence-corrected chi connectivity index (χ2v) is 15.2. The Morgan fingerprint density at radius 3 is 2.26 bits per heavy atom. The molecule has 12 nitrogen and oxygen atoms in total. The minimum Gasteiger partial charge on any atom is -0.444 e. The average molecular weight is 730 g/mol. The number of hydrogen-bond donors (Lipinski definition) is 5. The number of aromatic amines is 3.